The molecule has 1 aliphatic heterocycles. The molecule has 2 bridgehead atoms. The van der Waals surface area contributed by atoms with Crippen molar-refractivity contribution in [2.24, 2.45) is 5.73 Å². The lowest BCUT2D eigenvalue weighted by molar-refractivity contribution is 0.187. The maximum absolute atomic E-state index is 11.7. The van der Waals surface area contributed by atoms with Crippen molar-refractivity contribution in [3.63, 3.8) is 0 Å². The lowest BCUT2D eigenvalue weighted by Crippen LogP contribution is -2.21. The van der Waals surface area contributed by atoms with Crippen molar-refractivity contribution in [1.29, 1.82) is 0 Å². The third kappa shape index (κ3) is 6.14. The number of nitrogens with one attached hydrogen (secondary N) is 3. The first kappa shape index (κ1) is 22.9. The maximum Gasteiger partial charge on any atom is 0.411 e. The highest BCUT2D eigenvalue weighted by atomic mass is 16.5. The second-order valence-corrected chi connectivity index (χ2v) is 8.66. The molecule has 0 aliphatic carbocycles. The van der Waals surface area contributed by atoms with E-state index in [2.05, 4.69) is 45.9 Å². The molecule has 1 unspecified atom stereocenters. The quantitative estimate of drug-likeness (QED) is 0.405. The number of aromatic amines is 1. The van der Waals surface area contributed by atoms with E-state index in [9.17, 15) is 4.79 Å². The van der Waals surface area contributed by atoms with Gasteiger partial charge in [-0.3, -0.25) is 5.32 Å². The largest absolute Gasteiger partial charge is 0.453 e. The topological polar surface area (TPSA) is 105 Å². The Morgan fingerprint density at radius 1 is 1.18 bits per heavy atom. The summed E-state index contributed by atoms with van der Waals surface area (Å²) in [7, 11) is 1.36. The predicted octanol–water partition coefficient (Wildman–Crippen LogP) is 5.63. The summed E-state index contributed by atoms with van der Waals surface area (Å²) in [5.41, 5.74) is 11.2. The molecule has 1 aromatic heterocycles. The smallest absolute Gasteiger partial charge is 0.411 e. The van der Waals surface area contributed by atoms with Crippen molar-refractivity contribution in [3.8, 4) is 11.3 Å². The first-order valence-corrected chi connectivity index (χ1v) is 11.7. The Hall–Kier alpha value is -3.32. The monoisotopic (exact) mass is 447 g/mol. The summed E-state index contributed by atoms with van der Waals surface area (Å²) in [6.07, 6.45) is 8.77. The number of hydrogen-bond acceptors (Lipinski definition) is 5. The summed E-state index contributed by atoms with van der Waals surface area (Å²) in [6, 6.07) is 16.6. The highest BCUT2D eigenvalue weighted by molar-refractivity contribution is 5.88. The average molecular weight is 448 g/mol. The van der Waals surface area contributed by atoms with E-state index < -0.39 is 6.09 Å². The van der Waals surface area contributed by atoms with Gasteiger partial charge >= 0.3 is 6.09 Å². The molecule has 1 amide bonds. The second kappa shape index (κ2) is 11.0. The molecular weight excluding hydrogens is 414 g/mol. The number of H-pyrrole nitrogens is 1. The van der Waals surface area contributed by atoms with Crippen LogP contribution in [0.5, 0.6) is 0 Å². The number of amides is 1. The summed E-state index contributed by atoms with van der Waals surface area (Å²) in [4.78, 5) is 19.8. The summed E-state index contributed by atoms with van der Waals surface area (Å²) in [5, 5.41) is 6.53. The van der Waals surface area contributed by atoms with E-state index in [1.54, 1.807) is 0 Å². The third-order valence-electron chi connectivity index (χ3n) is 6.21. The van der Waals surface area contributed by atoms with Gasteiger partial charge in [0.15, 0.2) is 0 Å². The highest BCUT2D eigenvalue weighted by Gasteiger charge is 2.18. The Balaban J connectivity index is 1.58. The van der Waals surface area contributed by atoms with Gasteiger partial charge in [0.25, 0.3) is 0 Å². The van der Waals surface area contributed by atoms with Crippen LogP contribution in [0.2, 0.25) is 0 Å². The number of fused-ring (bicyclic) bond motifs is 4. The molecular formula is C26H33N5O2. The first-order chi connectivity index (χ1) is 16.1. The van der Waals surface area contributed by atoms with E-state index in [4.69, 9.17) is 15.5 Å². The minimum absolute atomic E-state index is 0.0913. The molecule has 2 heterocycles. The summed E-state index contributed by atoms with van der Waals surface area (Å²) in [5.74, 6) is 0.813. The number of benzene rings is 2. The van der Waals surface area contributed by atoms with Gasteiger partial charge < -0.3 is 20.8 Å². The van der Waals surface area contributed by atoms with Crippen LogP contribution in [0, 0.1) is 0 Å². The van der Waals surface area contributed by atoms with Gasteiger partial charge in [-0.25, -0.2) is 9.78 Å². The molecule has 33 heavy (non-hydrogen) atoms. The molecule has 0 fully saturated rings. The number of rotatable bonds is 5. The fourth-order valence-corrected chi connectivity index (χ4v) is 4.40. The number of carbonyl (C=O) groups is 1. The standard InChI is InChI=1S/C26H33N5O2/c1-33-26(32)30-20-14-15-21-23(16-20)29-19(12-7-10-18-8-3-2-4-9-18)11-5-6-13-22(27)25-28-17-24(21)31-25/h2-4,8-9,14-17,19,22,29H,5-7,10-13,27H2,1H3,(H,28,31)(H,30,32)/t19?,22-/m0/s1. The normalized spacial score (nSPS) is 18.2. The van der Waals surface area contributed by atoms with Gasteiger partial charge in [0.2, 0.25) is 0 Å². The van der Waals surface area contributed by atoms with Crippen LogP contribution in [0.15, 0.2) is 54.7 Å². The molecule has 0 radical (unpaired) electrons. The van der Waals surface area contributed by atoms with Gasteiger partial charge in [0.1, 0.15) is 5.82 Å². The number of aromatic nitrogens is 2. The average Bonchev–Trinajstić information content (AvgIpc) is 3.32. The van der Waals surface area contributed by atoms with E-state index in [-0.39, 0.29) is 6.04 Å². The molecule has 4 rings (SSSR count). The number of imidazole rings is 1. The van der Waals surface area contributed by atoms with Crippen molar-refractivity contribution in [2.75, 3.05) is 17.7 Å². The number of nitrogens with two attached hydrogens (primary N) is 1. The molecule has 7 nitrogen and oxygen atoms in total. The molecule has 174 valence electrons. The SMILES string of the molecule is COC(=O)Nc1ccc2c(c1)NC(CCCc1ccccc1)CCCC[C@H](N)c1nc-2c[nH]1. The Morgan fingerprint density at radius 3 is 2.82 bits per heavy atom. The van der Waals surface area contributed by atoms with Crippen LogP contribution in [0.25, 0.3) is 11.3 Å². The van der Waals surface area contributed by atoms with Gasteiger partial charge in [-0.05, 0) is 55.9 Å². The van der Waals surface area contributed by atoms with Gasteiger partial charge in [-0.15, -0.1) is 0 Å². The van der Waals surface area contributed by atoms with Crippen molar-refractivity contribution >= 4 is 17.5 Å². The number of aryl methyl sites for hydroxylation is 1. The zero-order valence-corrected chi connectivity index (χ0v) is 19.1. The molecule has 2 aromatic carbocycles. The van der Waals surface area contributed by atoms with Gasteiger partial charge in [-0.2, -0.15) is 0 Å². The van der Waals surface area contributed by atoms with Crippen LogP contribution in [-0.4, -0.2) is 29.2 Å². The molecule has 0 saturated heterocycles. The van der Waals surface area contributed by atoms with Crippen LogP contribution in [0.1, 0.15) is 56.0 Å². The number of carbonyl (C=O) groups excluding carboxylic acids is 1. The Morgan fingerprint density at radius 2 is 2.00 bits per heavy atom. The van der Waals surface area contributed by atoms with Crippen molar-refractivity contribution in [1.82, 2.24) is 9.97 Å². The first-order valence-electron chi connectivity index (χ1n) is 11.7. The van der Waals surface area contributed by atoms with Crippen LogP contribution in [0.3, 0.4) is 0 Å². The number of hydrogen-bond donors (Lipinski definition) is 4. The van der Waals surface area contributed by atoms with Crippen molar-refractivity contribution in [2.45, 2.75) is 57.0 Å². The van der Waals surface area contributed by atoms with E-state index in [1.807, 2.05) is 24.4 Å². The van der Waals surface area contributed by atoms with Crippen LogP contribution in [-0.2, 0) is 11.2 Å². The molecule has 0 saturated carbocycles. The Bertz CT molecular complexity index is 1050. The van der Waals surface area contributed by atoms with Gasteiger partial charge in [0, 0.05) is 29.2 Å². The molecule has 5 N–H and O–H groups in total. The number of anilines is 2. The number of methoxy groups -OCH3 is 1. The lowest BCUT2D eigenvalue weighted by atomic mass is 9.98. The van der Waals surface area contributed by atoms with Gasteiger partial charge in [0.05, 0.1) is 18.8 Å². The highest BCUT2D eigenvalue weighted by Crippen LogP contribution is 2.33. The number of nitrogens with zero attached hydrogens (tertiary/aromatic N) is 1. The molecule has 2 atom stereocenters. The van der Waals surface area contributed by atoms with Crippen molar-refractivity contribution in [3.05, 3.63) is 66.1 Å². The molecule has 1 aliphatic rings. The van der Waals surface area contributed by atoms with Gasteiger partial charge in [-0.1, -0.05) is 43.2 Å². The van der Waals surface area contributed by atoms with E-state index in [0.717, 1.165) is 67.7 Å². The molecule has 0 spiro atoms. The second-order valence-electron chi connectivity index (χ2n) is 8.66. The van der Waals surface area contributed by atoms with Crippen LogP contribution < -0.4 is 16.4 Å². The van der Waals surface area contributed by atoms with Crippen LogP contribution in [0.4, 0.5) is 16.2 Å². The minimum Gasteiger partial charge on any atom is -0.453 e. The summed E-state index contributed by atoms with van der Waals surface area (Å²) < 4.78 is 4.76. The third-order valence-corrected chi connectivity index (χ3v) is 6.21. The number of ether oxygens (including phenoxy) is 1. The fraction of sp³-hybridized carbons (Fsp3) is 0.385. The minimum atomic E-state index is -0.490. The molecule has 3 aromatic rings. The zero-order valence-electron chi connectivity index (χ0n) is 19.1. The Kier molecular flexibility index (Phi) is 7.62. The molecule has 7 heteroatoms. The van der Waals surface area contributed by atoms with E-state index in [1.165, 1.54) is 12.7 Å². The summed E-state index contributed by atoms with van der Waals surface area (Å²) in [6.45, 7) is 0. The lowest BCUT2D eigenvalue weighted by Gasteiger charge is -2.23. The van der Waals surface area contributed by atoms with Crippen LogP contribution >= 0.6 is 0 Å². The fourth-order valence-electron chi connectivity index (χ4n) is 4.40. The van der Waals surface area contributed by atoms with E-state index in [0.29, 0.717) is 11.7 Å². The Labute approximate surface area is 195 Å². The predicted molar refractivity (Wildman–Crippen MR) is 132 cm³/mol. The summed E-state index contributed by atoms with van der Waals surface area (Å²) >= 11 is 0. The maximum atomic E-state index is 11.7. The van der Waals surface area contributed by atoms with E-state index >= 15 is 0 Å². The zero-order chi connectivity index (χ0) is 23.0. The van der Waals surface area contributed by atoms with Crippen molar-refractivity contribution < 1.29 is 9.53 Å².